The number of anilines is 1. The Morgan fingerprint density at radius 2 is 1.90 bits per heavy atom. The Bertz CT molecular complexity index is 517. The van der Waals surface area contributed by atoms with Crippen molar-refractivity contribution in [2.75, 3.05) is 38.0 Å². The number of fused-ring (bicyclic) bond motifs is 1. The number of benzene rings is 1. The number of nitrogens with zero attached hydrogens (tertiary/aromatic N) is 1. The van der Waals surface area contributed by atoms with E-state index in [9.17, 15) is 13.6 Å². The van der Waals surface area contributed by atoms with Crippen molar-refractivity contribution >= 4 is 24.0 Å². The molecule has 0 bridgehead atoms. The van der Waals surface area contributed by atoms with Crippen LogP contribution in [0.1, 0.15) is 0 Å². The number of nitrogens with one attached hydrogen (secondary N) is 2. The van der Waals surface area contributed by atoms with Crippen LogP contribution in [0, 0.1) is 23.5 Å². The van der Waals surface area contributed by atoms with Gasteiger partial charge in [-0.3, -0.25) is 9.69 Å². The zero-order valence-corrected chi connectivity index (χ0v) is 12.3. The molecular formula is C14H18ClF2N3O. The van der Waals surface area contributed by atoms with E-state index in [0.717, 1.165) is 38.3 Å². The minimum absolute atomic E-state index is 0. The van der Waals surface area contributed by atoms with Crippen molar-refractivity contribution in [2.45, 2.75) is 0 Å². The second-order valence-corrected chi connectivity index (χ2v) is 5.55. The van der Waals surface area contributed by atoms with E-state index in [1.807, 2.05) is 0 Å². The molecule has 2 fully saturated rings. The van der Waals surface area contributed by atoms with E-state index in [1.165, 1.54) is 6.07 Å². The molecule has 0 unspecified atom stereocenters. The van der Waals surface area contributed by atoms with Gasteiger partial charge in [0, 0.05) is 24.8 Å². The first-order chi connectivity index (χ1) is 9.61. The third-order valence-electron chi connectivity index (χ3n) is 4.04. The highest BCUT2D eigenvalue weighted by Gasteiger charge is 2.36. The topological polar surface area (TPSA) is 44.4 Å². The molecule has 21 heavy (non-hydrogen) atoms. The minimum atomic E-state index is -0.954. The predicted octanol–water partition coefficient (Wildman–Crippen LogP) is 1.48. The molecule has 0 saturated carbocycles. The van der Waals surface area contributed by atoms with Crippen LogP contribution in [-0.2, 0) is 4.79 Å². The molecule has 2 saturated heterocycles. The molecule has 4 nitrogen and oxygen atoms in total. The summed E-state index contributed by atoms with van der Waals surface area (Å²) in [5, 5.41) is 5.94. The SMILES string of the molecule is Cl.O=C(CN1C[C@H]2CNC[C@H]2C1)Nc1ccc(F)c(F)c1. The van der Waals surface area contributed by atoms with Crippen LogP contribution in [0.5, 0.6) is 0 Å². The molecule has 7 heteroatoms. The number of hydrogen-bond donors (Lipinski definition) is 2. The summed E-state index contributed by atoms with van der Waals surface area (Å²) in [5.41, 5.74) is 0.287. The largest absolute Gasteiger partial charge is 0.325 e. The lowest BCUT2D eigenvalue weighted by atomic mass is 10.0. The summed E-state index contributed by atoms with van der Waals surface area (Å²) in [6.07, 6.45) is 0. The Kier molecular flexibility index (Phi) is 5.13. The number of carbonyl (C=O) groups excluding carboxylic acids is 1. The van der Waals surface area contributed by atoms with Crippen molar-refractivity contribution in [3.63, 3.8) is 0 Å². The van der Waals surface area contributed by atoms with E-state index in [0.29, 0.717) is 18.4 Å². The molecule has 116 valence electrons. The molecular weight excluding hydrogens is 300 g/mol. The number of halogens is 3. The van der Waals surface area contributed by atoms with E-state index >= 15 is 0 Å². The van der Waals surface area contributed by atoms with Gasteiger partial charge in [-0.2, -0.15) is 0 Å². The van der Waals surface area contributed by atoms with Crippen LogP contribution in [0.3, 0.4) is 0 Å². The Labute approximate surface area is 128 Å². The molecule has 1 amide bonds. The van der Waals surface area contributed by atoms with Gasteiger partial charge in [-0.15, -0.1) is 12.4 Å². The van der Waals surface area contributed by atoms with Crippen molar-refractivity contribution in [3.05, 3.63) is 29.8 Å². The molecule has 2 atom stereocenters. The molecule has 0 spiro atoms. The highest BCUT2D eigenvalue weighted by Crippen LogP contribution is 2.25. The van der Waals surface area contributed by atoms with Crippen LogP contribution in [0.2, 0.25) is 0 Å². The molecule has 1 aromatic rings. The molecule has 2 aliphatic heterocycles. The summed E-state index contributed by atoms with van der Waals surface area (Å²) < 4.78 is 25.8. The second-order valence-electron chi connectivity index (χ2n) is 5.55. The fourth-order valence-electron chi connectivity index (χ4n) is 3.06. The molecule has 3 rings (SSSR count). The number of rotatable bonds is 3. The van der Waals surface area contributed by atoms with Gasteiger partial charge in [0.25, 0.3) is 0 Å². The van der Waals surface area contributed by atoms with Crippen molar-refractivity contribution in [2.24, 2.45) is 11.8 Å². The zero-order valence-electron chi connectivity index (χ0n) is 11.4. The predicted molar refractivity (Wildman–Crippen MR) is 78.5 cm³/mol. The number of carbonyl (C=O) groups is 1. The average Bonchev–Trinajstić information content (AvgIpc) is 2.94. The first-order valence-electron chi connectivity index (χ1n) is 6.80. The molecule has 2 N–H and O–H groups in total. The lowest BCUT2D eigenvalue weighted by Gasteiger charge is -2.16. The number of likely N-dealkylation sites (tertiary alicyclic amines) is 1. The van der Waals surface area contributed by atoms with Gasteiger partial charge in [0.05, 0.1) is 6.54 Å². The van der Waals surface area contributed by atoms with Crippen molar-refractivity contribution in [3.8, 4) is 0 Å². The Balaban J connectivity index is 0.00000161. The first kappa shape index (κ1) is 16.1. The third-order valence-corrected chi connectivity index (χ3v) is 4.04. The van der Waals surface area contributed by atoms with Crippen LogP contribution < -0.4 is 10.6 Å². The first-order valence-corrected chi connectivity index (χ1v) is 6.80. The second kappa shape index (κ2) is 6.68. The quantitative estimate of drug-likeness (QED) is 0.887. The average molecular weight is 318 g/mol. The van der Waals surface area contributed by atoms with Crippen molar-refractivity contribution in [1.82, 2.24) is 10.2 Å². The summed E-state index contributed by atoms with van der Waals surface area (Å²) in [7, 11) is 0. The van der Waals surface area contributed by atoms with Crippen LogP contribution in [-0.4, -0.2) is 43.5 Å². The van der Waals surface area contributed by atoms with Gasteiger partial charge in [-0.1, -0.05) is 0 Å². The van der Waals surface area contributed by atoms with E-state index in [1.54, 1.807) is 0 Å². The molecule has 0 radical (unpaired) electrons. The smallest absolute Gasteiger partial charge is 0.238 e. The van der Waals surface area contributed by atoms with Gasteiger partial charge in [0.15, 0.2) is 11.6 Å². The summed E-state index contributed by atoms with van der Waals surface area (Å²) in [4.78, 5) is 14.0. The van der Waals surface area contributed by atoms with Gasteiger partial charge < -0.3 is 10.6 Å². The lowest BCUT2D eigenvalue weighted by Crippen LogP contribution is -2.33. The standard InChI is InChI=1S/C14H17F2N3O.ClH/c15-12-2-1-11(3-13(12)16)18-14(20)8-19-6-9-4-17-5-10(9)7-19;/h1-3,9-10,17H,4-8H2,(H,18,20);1H/t9-,10+;. The molecule has 1 aromatic carbocycles. The Hall–Kier alpha value is -1.24. The third kappa shape index (κ3) is 3.70. The van der Waals surface area contributed by atoms with Crippen molar-refractivity contribution in [1.29, 1.82) is 0 Å². The maximum absolute atomic E-state index is 13.0. The van der Waals surface area contributed by atoms with Gasteiger partial charge in [0.2, 0.25) is 5.91 Å². The van der Waals surface area contributed by atoms with Crippen LogP contribution >= 0.6 is 12.4 Å². The fourth-order valence-corrected chi connectivity index (χ4v) is 3.06. The van der Waals surface area contributed by atoms with E-state index in [2.05, 4.69) is 15.5 Å². The number of amides is 1. The Morgan fingerprint density at radius 1 is 1.24 bits per heavy atom. The maximum atomic E-state index is 13.0. The maximum Gasteiger partial charge on any atom is 0.238 e. The summed E-state index contributed by atoms with van der Waals surface area (Å²) in [6, 6.07) is 3.37. The number of hydrogen-bond acceptors (Lipinski definition) is 3. The van der Waals surface area contributed by atoms with E-state index in [-0.39, 0.29) is 24.0 Å². The van der Waals surface area contributed by atoms with E-state index in [4.69, 9.17) is 0 Å². The minimum Gasteiger partial charge on any atom is -0.325 e. The monoisotopic (exact) mass is 317 g/mol. The highest BCUT2D eigenvalue weighted by atomic mass is 35.5. The lowest BCUT2D eigenvalue weighted by molar-refractivity contribution is -0.117. The zero-order chi connectivity index (χ0) is 14.1. The van der Waals surface area contributed by atoms with E-state index < -0.39 is 11.6 Å². The summed E-state index contributed by atoms with van der Waals surface area (Å²) in [6.45, 7) is 4.18. The highest BCUT2D eigenvalue weighted by molar-refractivity contribution is 5.92. The fraction of sp³-hybridized carbons (Fsp3) is 0.500. The van der Waals surface area contributed by atoms with Gasteiger partial charge in [-0.05, 0) is 37.1 Å². The van der Waals surface area contributed by atoms with Gasteiger partial charge >= 0.3 is 0 Å². The van der Waals surface area contributed by atoms with Gasteiger partial charge in [-0.25, -0.2) is 8.78 Å². The molecule has 2 aliphatic rings. The summed E-state index contributed by atoms with van der Waals surface area (Å²) in [5.74, 6) is -0.798. The Morgan fingerprint density at radius 3 is 2.52 bits per heavy atom. The molecule has 0 aromatic heterocycles. The van der Waals surface area contributed by atoms with Crippen LogP contribution in [0.15, 0.2) is 18.2 Å². The van der Waals surface area contributed by atoms with Gasteiger partial charge in [0.1, 0.15) is 0 Å². The summed E-state index contributed by atoms with van der Waals surface area (Å²) >= 11 is 0. The molecule has 0 aliphatic carbocycles. The van der Waals surface area contributed by atoms with Crippen molar-refractivity contribution < 1.29 is 13.6 Å². The van der Waals surface area contributed by atoms with Crippen LogP contribution in [0.4, 0.5) is 14.5 Å². The molecule has 2 heterocycles. The van der Waals surface area contributed by atoms with Crippen LogP contribution in [0.25, 0.3) is 0 Å². The normalized spacial score (nSPS) is 24.5.